The van der Waals surface area contributed by atoms with Crippen LogP contribution in [-0.2, 0) is 30.3 Å². The second-order valence-corrected chi connectivity index (χ2v) is 4.28. The molecule has 106 valence electrons. The fourth-order valence-corrected chi connectivity index (χ4v) is 1.30. The number of benzene rings is 1. The van der Waals surface area contributed by atoms with E-state index in [1.165, 1.54) is 13.8 Å². The summed E-state index contributed by atoms with van der Waals surface area (Å²) >= 11 is 0. The van der Waals surface area contributed by atoms with E-state index in [1.807, 2.05) is 6.07 Å². The van der Waals surface area contributed by atoms with Gasteiger partial charge >= 0.3 is 17.9 Å². The number of hydrogen-bond donors (Lipinski definition) is 0. The van der Waals surface area contributed by atoms with Crippen molar-refractivity contribution in [2.45, 2.75) is 26.4 Å². The monoisotopic (exact) mass is 276 g/mol. The third-order valence-electron chi connectivity index (χ3n) is 2.37. The Labute approximate surface area is 117 Å². The predicted molar refractivity (Wildman–Crippen MR) is 71.6 cm³/mol. The first kappa shape index (κ1) is 15.6. The van der Waals surface area contributed by atoms with Gasteiger partial charge in [-0.2, -0.15) is 0 Å². The molecule has 5 nitrogen and oxygen atoms in total. The lowest BCUT2D eigenvalue weighted by Gasteiger charge is -2.11. The zero-order chi connectivity index (χ0) is 15.1. The van der Waals surface area contributed by atoms with Crippen LogP contribution in [-0.4, -0.2) is 24.0 Å². The van der Waals surface area contributed by atoms with Crippen LogP contribution in [0.4, 0.5) is 0 Å². The van der Waals surface area contributed by atoms with Crippen molar-refractivity contribution in [1.82, 2.24) is 0 Å². The molecular formula is C15H16O5. The molecule has 1 rings (SSSR count). The third-order valence-corrected chi connectivity index (χ3v) is 2.37. The summed E-state index contributed by atoms with van der Waals surface area (Å²) in [6.07, 6.45) is -1.17. The largest absolute Gasteiger partial charge is 0.447 e. The van der Waals surface area contributed by atoms with Gasteiger partial charge in [-0.3, -0.25) is 4.79 Å². The zero-order valence-corrected chi connectivity index (χ0v) is 11.4. The van der Waals surface area contributed by atoms with Crippen LogP contribution < -0.4 is 0 Å². The lowest BCUT2D eigenvalue weighted by molar-refractivity contribution is -0.171. The van der Waals surface area contributed by atoms with E-state index in [1.54, 1.807) is 24.3 Å². The van der Waals surface area contributed by atoms with Crippen molar-refractivity contribution in [3.63, 3.8) is 0 Å². The van der Waals surface area contributed by atoms with Gasteiger partial charge in [-0.15, -0.1) is 0 Å². The van der Waals surface area contributed by atoms with Crippen LogP contribution in [0.5, 0.6) is 0 Å². The topological polar surface area (TPSA) is 69.7 Å². The van der Waals surface area contributed by atoms with Crippen molar-refractivity contribution < 1.29 is 23.9 Å². The van der Waals surface area contributed by atoms with Gasteiger partial charge in [-0.1, -0.05) is 36.9 Å². The molecular weight excluding hydrogens is 260 g/mol. The molecule has 0 spiro atoms. The average Bonchev–Trinajstić information content (AvgIpc) is 2.39. The molecule has 0 aliphatic heterocycles. The van der Waals surface area contributed by atoms with E-state index in [-0.39, 0.29) is 12.0 Å². The van der Waals surface area contributed by atoms with E-state index in [2.05, 4.69) is 11.3 Å². The maximum atomic E-state index is 11.6. The molecule has 1 atom stereocenters. The van der Waals surface area contributed by atoms with E-state index in [0.29, 0.717) is 0 Å². The fourth-order valence-electron chi connectivity index (χ4n) is 1.30. The Morgan fingerprint density at radius 1 is 1.20 bits per heavy atom. The lowest BCUT2D eigenvalue weighted by atomic mass is 10.2. The summed E-state index contributed by atoms with van der Waals surface area (Å²) in [7, 11) is 0. The maximum Gasteiger partial charge on any atom is 0.354 e. The summed E-state index contributed by atoms with van der Waals surface area (Å²) in [5.74, 6) is -2.30. The lowest BCUT2D eigenvalue weighted by Crippen LogP contribution is -2.29. The molecule has 0 fully saturated rings. The predicted octanol–water partition coefficient (Wildman–Crippen LogP) is 1.81. The van der Waals surface area contributed by atoms with Gasteiger partial charge < -0.3 is 9.47 Å². The molecule has 0 saturated carbocycles. The number of ether oxygens (including phenoxy) is 2. The van der Waals surface area contributed by atoms with Crippen LogP contribution in [0.15, 0.2) is 42.5 Å². The standard InChI is InChI=1S/C15H16O5/c1-10(2)14(17)19-11(3)15(18)20-13(16)9-12-7-5-4-6-8-12/h4-8,11H,1,9H2,2-3H3. The zero-order valence-electron chi connectivity index (χ0n) is 11.4. The number of carbonyl (C=O) groups excluding carboxylic acids is 3. The van der Waals surface area contributed by atoms with Gasteiger partial charge in [0.15, 0.2) is 6.10 Å². The fraction of sp³-hybridized carbons (Fsp3) is 0.267. The van der Waals surface area contributed by atoms with E-state index in [0.717, 1.165) is 5.56 Å². The summed E-state index contributed by atoms with van der Waals surface area (Å²) in [5, 5.41) is 0. The molecule has 20 heavy (non-hydrogen) atoms. The van der Waals surface area contributed by atoms with Crippen molar-refractivity contribution in [2.24, 2.45) is 0 Å². The molecule has 0 saturated heterocycles. The first-order valence-corrected chi connectivity index (χ1v) is 6.05. The summed E-state index contributed by atoms with van der Waals surface area (Å²) in [6, 6.07) is 8.87. The summed E-state index contributed by atoms with van der Waals surface area (Å²) in [4.78, 5) is 34.3. The van der Waals surface area contributed by atoms with Crippen molar-refractivity contribution in [2.75, 3.05) is 0 Å². The first-order chi connectivity index (χ1) is 9.40. The van der Waals surface area contributed by atoms with Crippen molar-refractivity contribution in [1.29, 1.82) is 0 Å². The van der Waals surface area contributed by atoms with Crippen molar-refractivity contribution in [3.8, 4) is 0 Å². The molecule has 0 N–H and O–H groups in total. The molecule has 1 unspecified atom stereocenters. The van der Waals surface area contributed by atoms with Crippen LogP contribution in [0.3, 0.4) is 0 Å². The van der Waals surface area contributed by atoms with Gasteiger partial charge in [0.05, 0.1) is 6.42 Å². The molecule has 5 heteroatoms. The molecule has 0 aliphatic carbocycles. The van der Waals surface area contributed by atoms with Gasteiger partial charge in [-0.25, -0.2) is 9.59 Å². The minimum atomic E-state index is -1.15. The SMILES string of the molecule is C=C(C)C(=O)OC(C)C(=O)OC(=O)Cc1ccccc1. The Morgan fingerprint density at radius 2 is 1.80 bits per heavy atom. The first-order valence-electron chi connectivity index (χ1n) is 6.05. The van der Waals surface area contributed by atoms with E-state index in [9.17, 15) is 14.4 Å². The molecule has 0 aliphatic rings. The van der Waals surface area contributed by atoms with Crippen LogP contribution >= 0.6 is 0 Å². The van der Waals surface area contributed by atoms with E-state index >= 15 is 0 Å². The number of hydrogen-bond acceptors (Lipinski definition) is 5. The molecule has 0 heterocycles. The second kappa shape index (κ2) is 7.23. The second-order valence-electron chi connectivity index (χ2n) is 4.28. The quantitative estimate of drug-likeness (QED) is 0.466. The van der Waals surface area contributed by atoms with Gasteiger partial charge in [0.1, 0.15) is 0 Å². The Morgan fingerprint density at radius 3 is 2.35 bits per heavy atom. The summed E-state index contributed by atoms with van der Waals surface area (Å²) in [6.45, 7) is 6.18. The number of rotatable bonds is 5. The van der Waals surface area contributed by atoms with Crippen LogP contribution in [0.2, 0.25) is 0 Å². The molecule has 0 bridgehead atoms. The molecule has 1 aromatic rings. The molecule has 0 radical (unpaired) electrons. The van der Waals surface area contributed by atoms with Gasteiger partial charge in [0, 0.05) is 5.57 Å². The van der Waals surface area contributed by atoms with Crippen LogP contribution in [0, 0.1) is 0 Å². The highest BCUT2D eigenvalue weighted by molar-refractivity contribution is 5.92. The van der Waals surface area contributed by atoms with Gasteiger partial charge in [-0.05, 0) is 19.4 Å². The molecule has 1 aromatic carbocycles. The number of carbonyl (C=O) groups is 3. The highest BCUT2D eigenvalue weighted by Gasteiger charge is 2.22. The normalized spacial score (nSPS) is 11.3. The van der Waals surface area contributed by atoms with Crippen molar-refractivity contribution >= 4 is 17.9 Å². The Kier molecular flexibility index (Phi) is 5.65. The van der Waals surface area contributed by atoms with Crippen molar-refractivity contribution in [3.05, 3.63) is 48.0 Å². The Hall–Kier alpha value is -2.43. The minimum absolute atomic E-state index is 0.0201. The number of esters is 3. The minimum Gasteiger partial charge on any atom is -0.447 e. The maximum absolute atomic E-state index is 11.6. The summed E-state index contributed by atoms with van der Waals surface area (Å²) in [5.41, 5.74) is 0.900. The highest BCUT2D eigenvalue weighted by Crippen LogP contribution is 2.04. The molecule has 0 aromatic heterocycles. The molecule has 0 amide bonds. The Balaban J connectivity index is 2.47. The van der Waals surface area contributed by atoms with Crippen LogP contribution in [0.1, 0.15) is 19.4 Å². The van der Waals surface area contributed by atoms with E-state index in [4.69, 9.17) is 4.74 Å². The van der Waals surface area contributed by atoms with Gasteiger partial charge in [0.2, 0.25) is 0 Å². The average molecular weight is 276 g/mol. The van der Waals surface area contributed by atoms with Gasteiger partial charge in [0.25, 0.3) is 0 Å². The Bertz CT molecular complexity index is 518. The third kappa shape index (κ3) is 5.06. The summed E-state index contributed by atoms with van der Waals surface area (Å²) < 4.78 is 9.37. The van der Waals surface area contributed by atoms with Crippen LogP contribution in [0.25, 0.3) is 0 Å². The highest BCUT2D eigenvalue weighted by atomic mass is 16.6. The van der Waals surface area contributed by atoms with E-state index < -0.39 is 24.0 Å². The smallest absolute Gasteiger partial charge is 0.354 e.